The van der Waals surface area contributed by atoms with Gasteiger partial charge in [0.05, 0.1) is 7.11 Å². The molecule has 1 atom stereocenters. The van der Waals surface area contributed by atoms with Crippen molar-refractivity contribution in [2.75, 3.05) is 7.11 Å². The third-order valence-corrected chi connectivity index (χ3v) is 2.70. The lowest BCUT2D eigenvalue weighted by Gasteiger charge is -2.05. The number of methoxy groups -OCH3 is 1. The van der Waals surface area contributed by atoms with Gasteiger partial charge in [0.2, 0.25) is 0 Å². The van der Waals surface area contributed by atoms with Gasteiger partial charge < -0.3 is 19.9 Å². The Balaban J connectivity index is 2.04. The molecule has 1 heterocycles. The third kappa shape index (κ3) is 2.53. The van der Waals surface area contributed by atoms with Gasteiger partial charge in [-0.25, -0.2) is 9.59 Å². The van der Waals surface area contributed by atoms with E-state index in [-0.39, 0.29) is 0 Å². The molecule has 0 radical (unpaired) electrons. The Bertz CT molecular complexity index is 485. The molecule has 0 saturated heterocycles. The zero-order chi connectivity index (χ0) is 13.1. The standard InChI is InChI=1S/C12H13NO5/c1-17-12(16)13-6-7-2-3-9-8(4-7)5-10(18-9)11(14)15/h2-4,10H,5-6H2,1H3,(H,13,16)(H,14,15)/t10-/m0/s1. The number of carboxylic acid groups (broad SMARTS) is 1. The molecule has 0 spiro atoms. The van der Waals surface area contributed by atoms with E-state index in [1.165, 1.54) is 7.11 Å². The number of fused-ring (bicyclic) bond motifs is 1. The summed E-state index contributed by atoms with van der Waals surface area (Å²) in [6.07, 6.45) is -0.976. The fourth-order valence-electron chi connectivity index (χ4n) is 1.80. The van der Waals surface area contributed by atoms with E-state index < -0.39 is 18.2 Å². The molecule has 2 rings (SSSR count). The minimum absolute atomic E-state index is 0.331. The Kier molecular flexibility index (Phi) is 3.36. The molecule has 0 aromatic heterocycles. The van der Waals surface area contributed by atoms with E-state index in [2.05, 4.69) is 10.1 Å². The number of rotatable bonds is 3. The summed E-state index contributed by atoms with van der Waals surface area (Å²) >= 11 is 0. The Morgan fingerprint density at radius 3 is 3.00 bits per heavy atom. The summed E-state index contributed by atoms with van der Waals surface area (Å²) in [5.41, 5.74) is 1.71. The second-order valence-electron chi connectivity index (χ2n) is 3.94. The zero-order valence-electron chi connectivity index (χ0n) is 9.80. The summed E-state index contributed by atoms with van der Waals surface area (Å²) in [4.78, 5) is 21.7. The van der Waals surface area contributed by atoms with Crippen molar-refractivity contribution in [3.63, 3.8) is 0 Å². The Labute approximate surface area is 104 Å². The predicted octanol–water partition coefficient (Wildman–Crippen LogP) is 0.931. The van der Waals surface area contributed by atoms with Gasteiger partial charge in [0.1, 0.15) is 5.75 Å². The molecule has 6 heteroatoms. The molecule has 0 unspecified atom stereocenters. The third-order valence-electron chi connectivity index (χ3n) is 2.70. The first kappa shape index (κ1) is 12.2. The largest absolute Gasteiger partial charge is 0.478 e. The van der Waals surface area contributed by atoms with Crippen LogP contribution in [0.1, 0.15) is 11.1 Å². The number of alkyl carbamates (subject to hydrolysis) is 1. The smallest absolute Gasteiger partial charge is 0.407 e. The van der Waals surface area contributed by atoms with Gasteiger partial charge >= 0.3 is 12.1 Å². The SMILES string of the molecule is COC(=O)NCc1ccc2c(c1)C[C@@H](C(=O)O)O2. The Morgan fingerprint density at radius 2 is 2.33 bits per heavy atom. The van der Waals surface area contributed by atoms with Crippen LogP contribution in [-0.4, -0.2) is 30.4 Å². The molecular formula is C12H13NO5. The fourth-order valence-corrected chi connectivity index (χ4v) is 1.80. The van der Waals surface area contributed by atoms with E-state index in [9.17, 15) is 9.59 Å². The van der Waals surface area contributed by atoms with Crippen LogP contribution in [0.2, 0.25) is 0 Å². The number of ether oxygens (including phenoxy) is 2. The van der Waals surface area contributed by atoms with Crippen LogP contribution >= 0.6 is 0 Å². The molecule has 96 valence electrons. The fraction of sp³-hybridized carbons (Fsp3) is 0.333. The molecule has 1 aliphatic rings. The number of benzene rings is 1. The molecule has 1 aromatic rings. The highest BCUT2D eigenvalue weighted by molar-refractivity contribution is 5.74. The van der Waals surface area contributed by atoms with Crippen LogP contribution in [0.4, 0.5) is 4.79 Å². The molecular weight excluding hydrogens is 238 g/mol. The Morgan fingerprint density at radius 1 is 1.56 bits per heavy atom. The lowest BCUT2D eigenvalue weighted by atomic mass is 10.1. The average Bonchev–Trinajstić information content (AvgIpc) is 2.79. The van der Waals surface area contributed by atoms with Crippen molar-refractivity contribution in [2.24, 2.45) is 0 Å². The average molecular weight is 251 g/mol. The molecule has 0 saturated carbocycles. The van der Waals surface area contributed by atoms with Crippen molar-refractivity contribution < 1.29 is 24.2 Å². The predicted molar refractivity (Wildman–Crippen MR) is 61.4 cm³/mol. The van der Waals surface area contributed by atoms with E-state index in [1.807, 2.05) is 6.07 Å². The van der Waals surface area contributed by atoms with Gasteiger partial charge in [0.15, 0.2) is 6.10 Å². The first-order valence-corrected chi connectivity index (χ1v) is 5.43. The van der Waals surface area contributed by atoms with E-state index in [1.54, 1.807) is 12.1 Å². The quantitative estimate of drug-likeness (QED) is 0.834. The topological polar surface area (TPSA) is 84.9 Å². The van der Waals surface area contributed by atoms with Crippen LogP contribution in [0.25, 0.3) is 0 Å². The monoisotopic (exact) mass is 251 g/mol. The summed E-state index contributed by atoms with van der Waals surface area (Å²) in [5, 5.41) is 11.4. The Hall–Kier alpha value is -2.24. The van der Waals surface area contributed by atoms with E-state index in [0.717, 1.165) is 11.1 Å². The number of carbonyl (C=O) groups is 2. The number of hydrogen-bond donors (Lipinski definition) is 2. The van der Waals surface area contributed by atoms with Crippen LogP contribution < -0.4 is 10.1 Å². The molecule has 6 nitrogen and oxygen atoms in total. The van der Waals surface area contributed by atoms with Crippen molar-refractivity contribution in [1.29, 1.82) is 0 Å². The van der Waals surface area contributed by atoms with Gasteiger partial charge in [-0.3, -0.25) is 0 Å². The number of amides is 1. The van der Waals surface area contributed by atoms with Crippen LogP contribution in [0.3, 0.4) is 0 Å². The molecule has 1 amide bonds. The van der Waals surface area contributed by atoms with Crippen molar-refractivity contribution in [3.8, 4) is 5.75 Å². The number of hydrogen-bond acceptors (Lipinski definition) is 4. The lowest BCUT2D eigenvalue weighted by Crippen LogP contribution is -2.24. The summed E-state index contributed by atoms with van der Waals surface area (Å²) in [6.45, 7) is 0.331. The van der Waals surface area contributed by atoms with Gasteiger partial charge in [0.25, 0.3) is 0 Å². The molecule has 1 aliphatic heterocycles. The summed E-state index contributed by atoms with van der Waals surface area (Å²) in [7, 11) is 1.29. The minimum Gasteiger partial charge on any atom is -0.478 e. The van der Waals surface area contributed by atoms with Gasteiger partial charge in [0, 0.05) is 13.0 Å². The van der Waals surface area contributed by atoms with Crippen molar-refractivity contribution >= 4 is 12.1 Å². The maximum Gasteiger partial charge on any atom is 0.407 e. The van der Waals surface area contributed by atoms with Crippen LogP contribution in [0.15, 0.2) is 18.2 Å². The van der Waals surface area contributed by atoms with Crippen molar-refractivity contribution in [1.82, 2.24) is 5.32 Å². The van der Waals surface area contributed by atoms with Crippen LogP contribution in [0, 0.1) is 0 Å². The second kappa shape index (κ2) is 4.95. The van der Waals surface area contributed by atoms with E-state index in [0.29, 0.717) is 18.7 Å². The van der Waals surface area contributed by atoms with Crippen LogP contribution in [-0.2, 0) is 22.5 Å². The highest BCUT2D eigenvalue weighted by atomic mass is 16.5. The minimum atomic E-state index is -0.972. The second-order valence-corrected chi connectivity index (χ2v) is 3.94. The molecule has 1 aromatic carbocycles. The van der Waals surface area contributed by atoms with Gasteiger partial charge in [-0.15, -0.1) is 0 Å². The summed E-state index contributed by atoms with van der Waals surface area (Å²) in [5.74, 6) is -0.385. The molecule has 0 bridgehead atoms. The number of carbonyl (C=O) groups excluding carboxylic acids is 1. The zero-order valence-corrected chi connectivity index (χ0v) is 9.80. The summed E-state index contributed by atoms with van der Waals surface area (Å²) in [6, 6.07) is 5.32. The first-order valence-electron chi connectivity index (χ1n) is 5.43. The molecule has 0 fully saturated rings. The van der Waals surface area contributed by atoms with Gasteiger partial charge in [-0.2, -0.15) is 0 Å². The number of nitrogens with one attached hydrogen (secondary N) is 1. The summed E-state index contributed by atoms with van der Waals surface area (Å²) < 4.78 is 9.72. The van der Waals surface area contributed by atoms with Crippen LogP contribution in [0.5, 0.6) is 5.75 Å². The normalized spacial score (nSPS) is 16.6. The van der Waals surface area contributed by atoms with Crippen molar-refractivity contribution in [2.45, 2.75) is 19.1 Å². The number of carboxylic acids is 1. The maximum absolute atomic E-state index is 10.9. The van der Waals surface area contributed by atoms with E-state index in [4.69, 9.17) is 9.84 Å². The maximum atomic E-state index is 10.9. The van der Waals surface area contributed by atoms with Crippen molar-refractivity contribution in [3.05, 3.63) is 29.3 Å². The highest BCUT2D eigenvalue weighted by Gasteiger charge is 2.28. The molecule has 18 heavy (non-hydrogen) atoms. The highest BCUT2D eigenvalue weighted by Crippen LogP contribution is 2.29. The molecule has 0 aliphatic carbocycles. The van der Waals surface area contributed by atoms with Gasteiger partial charge in [-0.05, 0) is 17.2 Å². The first-order chi connectivity index (χ1) is 8.60. The van der Waals surface area contributed by atoms with E-state index >= 15 is 0 Å². The molecule has 2 N–H and O–H groups in total. The number of aliphatic carboxylic acids is 1. The van der Waals surface area contributed by atoms with Gasteiger partial charge in [-0.1, -0.05) is 12.1 Å². The lowest BCUT2D eigenvalue weighted by molar-refractivity contribution is -0.144.